The molecule has 2 rings (SSSR count). The number of nitrogens with one attached hydrogen (secondary N) is 1. The van der Waals surface area contributed by atoms with E-state index in [1.165, 1.54) is 7.11 Å². The molecule has 0 spiro atoms. The molecule has 0 aliphatic rings. The number of nitrogens with zero attached hydrogens (tertiary/aromatic N) is 1. The number of hydrogen-bond donors (Lipinski definition) is 1. The number of carbonyl (C=O) groups excluding carboxylic acids is 2. The first kappa shape index (κ1) is 18.2. The van der Waals surface area contributed by atoms with E-state index in [0.29, 0.717) is 12.2 Å². The van der Waals surface area contributed by atoms with Crippen molar-refractivity contribution < 1.29 is 19.1 Å². The maximum Gasteiger partial charge on any atom is 0.328 e. The number of aromatic nitrogens is 1. The van der Waals surface area contributed by atoms with Crippen LogP contribution >= 0.6 is 11.8 Å². The lowest BCUT2D eigenvalue weighted by Gasteiger charge is -2.16. The highest BCUT2D eigenvalue weighted by Gasteiger charge is 2.21. The van der Waals surface area contributed by atoms with E-state index in [9.17, 15) is 9.59 Å². The van der Waals surface area contributed by atoms with E-state index in [4.69, 9.17) is 9.47 Å². The Morgan fingerprint density at radius 1 is 1.29 bits per heavy atom. The molecule has 6 nitrogen and oxygen atoms in total. The molecule has 0 unspecified atom stereocenters. The fourth-order valence-electron chi connectivity index (χ4n) is 2.54. The van der Waals surface area contributed by atoms with Crippen LogP contribution in [0.3, 0.4) is 0 Å². The van der Waals surface area contributed by atoms with Crippen molar-refractivity contribution in [3.63, 3.8) is 0 Å². The van der Waals surface area contributed by atoms with E-state index in [0.717, 1.165) is 16.7 Å². The summed E-state index contributed by atoms with van der Waals surface area (Å²) in [4.78, 5) is 24.2. The second kappa shape index (κ2) is 8.63. The summed E-state index contributed by atoms with van der Waals surface area (Å²) in [5, 5.41) is 3.75. The molecule has 0 fully saturated rings. The van der Waals surface area contributed by atoms with Crippen LogP contribution < -0.4 is 10.1 Å². The Balaban J connectivity index is 2.12. The van der Waals surface area contributed by atoms with Gasteiger partial charge in [0.05, 0.1) is 19.7 Å². The number of thioether (sulfide) groups is 1. The van der Waals surface area contributed by atoms with Gasteiger partial charge in [-0.1, -0.05) is 12.1 Å². The third-order valence-corrected chi connectivity index (χ3v) is 4.36. The van der Waals surface area contributed by atoms with Gasteiger partial charge < -0.3 is 19.4 Å². The number of esters is 1. The third kappa shape index (κ3) is 4.23. The summed E-state index contributed by atoms with van der Waals surface area (Å²) in [7, 11) is 2.92. The van der Waals surface area contributed by atoms with E-state index >= 15 is 0 Å². The number of amides is 1. The molecule has 0 aliphatic heterocycles. The van der Waals surface area contributed by atoms with Gasteiger partial charge in [0.2, 0.25) is 5.91 Å². The van der Waals surface area contributed by atoms with E-state index < -0.39 is 12.0 Å². The summed E-state index contributed by atoms with van der Waals surface area (Å²) in [5.41, 5.74) is 0.855. The zero-order valence-corrected chi connectivity index (χ0v) is 14.9. The summed E-state index contributed by atoms with van der Waals surface area (Å²) in [6, 6.07) is 7.02. The standard InChI is InChI=1S/C17H22N2O4S/c1-22-14-6-4-5-12-7-9-19(16(12)14)11-15(20)18-13(8-10-24-3)17(21)23-2/h4-7,9,13H,8,10-11H2,1-3H3,(H,18,20)/t13-/m0/s1. The van der Waals surface area contributed by atoms with Crippen molar-refractivity contribution in [3.8, 4) is 5.75 Å². The molecule has 2 aromatic rings. The fourth-order valence-corrected chi connectivity index (χ4v) is 3.02. The zero-order chi connectivity index (χ0) is 17.5. The number of methoxy groups -OCH3 is 2. The molecular formula is C17H22N2O4S. The van der Waals surface area contributed by atoms with Crippen LogP contribution in [-0.4, -0.2) is 48.7 Å². The third-order valence-electron chi connectivity index (χ3n) is 3.72. The highest BCUT2D eigenvalue weighted by Crippen LogP contribution is 2.26. The van der Waals surface area contributed by atoms with Gasteiger partial charge in [0.1, 0.15) is 18.3 Å². The number of fused-ring (bicyclic) bond motifs is 1. The summed E-state index contributed by atoms with van der Waals surface area (Å²) in [5.74, 6) is 0.805. The quantitative estimate of drug-likeness (QED) is 0.738. The lowest BCUT2D eigenvalue weighted by atomic mass is 10.2. The highest BCUT2D eigenvalue weighted by molar-refractivity contribution is 7.98. The number of ether oxygens (including phenoxy) is 2. The van der Waals surface area contributed by atoms with Gasteiger partial charge in [0.25, 0.3) is 0 Å². The molecule has 0 radical (unpaired) electrons. The van der Waals surface area contributed by atoms with E-state index in [1.54, 1.807) is 18.9 Å². The molecule has 24 heavy (non-hydrogen) atoms. The van der Waals surface area contributed by atoms with Crippen molar-refractivity contribution in [2.45, 2.75) is 19.0 Å². The van der Waals surface area contributed by atoms with Gasteiger partial charge in [-0.05, 0) is 30.6 Å². The Bertz CT molecular complexity index is 714. The molecule has 0 aliphatic carbocycles. The first-order valence-corrected chi connectivity index (χ1v) is 8.98. The summed E-state index contributed by atoms with van der Waals surface area (Å²) >= 11 is 1.62. The van der Waals surface area contributed by atoms with Gasteiger partial charge in [0, 0.05) is 11.6 Å². The highest BCUT2D eigenvalue weighted by atomic mass is 32.2. The number of benzene rings is 1. The number of rotatable bonds is 8. The minimum atomic E-state index is -0.626. The predicted molar refractivity (Wildman–Crippen MR) is 95.4 cm³/mol. The van der Waals surface area contributed by atoms with Gasteiger partial charge in [-0.3, -0.25) is 4.79 Å². The van der Waals surface area contributed by atoms with Gasteiger partial charge in [-0.25, -0.2) is 4.79 Å². The zero-order valence-electron chi connectivity index (χ0n) is 14.1. The first-order valence-electron chi connectivity index (χ1n) is 7.58. The van der Waals surface area contributed by atoms with Crippen LogP contribution in [0.2, 0.25) is 0 Å². The molecule has 0 saturated carbocycles. The normalized spacial score (nSPS) is 12.0. The molecular weight excluding hydrogens is 328 g/mol. The monoisotopic (exact) mass is 350 g/mol. The Labute approximate surface area is 145 Å². The van der Waals surface area contributed by atoms with Crippen molar-refractivity contribution >= 4 is 34.5 Å². The van der Waals surface area contributed by atoms with E-state index in [1.807, 2.05) is 41.3 Å². The second-order valence-corrected chi connectivity index (χ2v) is 6.25. The first-order chi connectivity index (χ1) is 11.6. The summed E-state index contributed by atoms with van der Waals surface area (Å²) < 4.78 is 11.9. The average molecular weight is 350 g/mol. The predicted octanol–water partition coefficient (Wildman–Crippen LogP) is 2.06. The molecule has 1 aromatic carbocycles. The van der Waals surface area contributed by atoms with Crippen LogP contribution in [-0.2, 0) is 20.9 Å². The Kier molecular flexibility index (Phi) is 6.54. The van der Waals surface area contributed by atoms with Gasteiger partial charge in [-0.15, -0.1) is 0 Å². The minimum absolute atomic E-state index is 0.108. The van der Waals surface area contributed by atoms with Crippen LogP contribution in [0.1, 0.15) is 6.42 Å². The molecule has 0 saturated heterocycles. The Morgan fingerprint density at radius 2 is 2.08 bits per heavy atom. The van der Waals surface area contributed by atoms with Crippen molar-refractivity contribution in [1.82, 2.24) is 9.88 Å². The number of para-hydroxylation sites is 1. The van der Waals surface area contributed by atoms with Crippen molar-refractivity contribution in [2.24, 2.45) is 0 Å². The van der Waals surface area contributed by atoms with Crippen molar-refractivity contribution in [2.75, 3.05) is 26.2 Å². The number of hydrogen-bond acceptors (Lipinski definition) is 5. The van der Waals surface area contributed by atoms with Crippen LogP contribution in [0.15, 0.2) is 30.5 Å². The summed E-state index contributed by atoms with van der Waals surface area (Å²) in [6.45, 7) is 0.108. The summed E-state index contributed by atoms with van der Waals surface area (Å²) in [6.07, 6.45) is 4.32. The molecule has 1 aromatic heterocycles. The van der Waals surface area contributed by atoms with Crippen LogP contribution in [0.25, 0.3) is 10.9 Å². The molecule has 1 heterocycles. The van der Waals surface area contributed by atoms with Crippen molar-refractivity contribution in [3.05, 3.63) is 30.5 Å². The molecule has 1 amide bonds. The van der Waals surface area contributed by atoms with E-state index in [2.05, 4.69) is 5.32 Å². The van der Waals surface area contributed by atoms with Crippen LogP contribution in [0.4, 0.5) is 0 Å². The Morgan fingerprint density at radius 3 is 2.75 bits per heavy atom. The molecule has 1 N–H and O–H groups in total. The SMILES string of the molecule is COC(=O)[C@H](CCSC)NC(=O)Cn1ccc2cccc(OC)c21. The minimum Gasteiger partial charge on any atom is -0.495 e. The maximum absolute atomic E-state index is 12.4. The molecule has 130 valence electrons. The topological polar surface area (TPSA) is 69.6 Å². The maximum atomic E-state index is 12.4. The van der Waals surface area contributed by atoms with Crippen molar-refractivity contribution in [1.29, 1.82) is 0 Å². The second-order valence-electron chi connectivity index (χ2n) is 5.27. The lowest BCUT2D eigenvalue weighted by Crippen LogP contribution is -2.43. The van der Waals surface area contributed by atoms with E-state index in [-0.39, 0.29) is 12.5 Å². The van der Waals surface area contributed by atoms with Crippen LogP contribution in [0, 0.1) is 0 Å². The fraction of sp³-hybridized carbons (Fsp3) is 0.412. The smallest absolute Gasteiger partial charge is 0.328 e. The molecule has 0 bridgehead atoms. The molecule has 7 heteroatoms. The lowest BCUT2D eigenvalue weighted by molar-refractivity contribution is -0.145. The molecule has 1 atom stereocenters. The van der Waals surface area contributed by atoms with Gasteiger partial charge >= 0.3 is 5.97 Å². The van der Waals surface area contributed by atoms with Gasteiger partial charge in [0.15, 0.2) is 0 Å². The number of carbonyl (C=O) groups is 2. The average Bonchev–Trinajstić information content (AvgIpc) is 3.00. The Hall–Kier alpha value is -2.15. The largest absolute Gasteiger partial charge is 0.495 e. The van der Waals surface area contributed by atoms with Crippen LogP contribution in [0.5, 0.6) is 5.75 Å². The van der Waals surface area contributed by atoms with Gasteiger partial charge in [-0.2, -0.15) is 11.8 Å².